The molecule has 2 aromatic carbocycles. The van der Waals surface area contributed by atoms with Crippen molar-refractivity contribution in [2.75, 3.05) is 11.9 Å². The zero-order chi connectivity index (χ0) is 18.9. The maximum atomic E-state index is 12.8. The maximum Gasteiger partial charge on any atom is 0.243 e. The Morgan fingerprint density at radius 3 is 2.15 bits per heavy atom. The average Bonchev–Trinajstić information content (AvgIpc) is 2.72. The molecule has 0 spiro atoms. The number of para-hydroxylation sites is 1. The number of hydrogen-bond acceptors (Lipinski definition) is 3. The smallest absolute Gasteiger partial charge is 0.243 e. The first kappa shape index (κ1) is 18.3. The quantitative estimate of drug-likeness (QED) is 0.681. The Hall–Kier alpha value is -3.47. The van der Waals surface area contributed by atoms with Crippen LogP contribution in [0.25, 0.3) is 0 Å². The molecule has 2 N–H and O–H groups in total. The molecule has 0 aliphatic carbocycles. The first-order valence-corrected chi connectivity index (χ1v) is 8.79. The second-order valence-corrected chi connectivity index (χ2v) is 6.15. The molecular weight excluding hydrogens is 338 g/mol. The predicted octanol–water partition coefficient (Wildman–Crippen LogP) is 3.16. The summed E-state index contributed by atoms with van der Waals surface area (Å²) in [6.07, 6.45) is 3.96. The van der Waals surface area contributed by atoms with E-state index < -0.39 is 0 Å². The molecule has 5 heteroatoms. The number of carbonyl (C=O) groups is 2. The summed E-state index contributed by atoms with van der Waals surface area (Å²) in [5, 5.41) is 5.52. The third-order valence-corrected chi connectivity index (χ3v) is 4.19. The molecule has 5 nitrogen and oxygen atoms in total. The number of nitrogens with one attached hydrogen (secondary N) is 2. The Balaban J connectivity index is 1.65. The van der Waals surface area contributed by atoms with Crippen LogP contribution >= 0.6 is 0 Å². The summed E-state index contributed by atoms with van der Waals surface area (Å²) in [6.45, 7) is -0.0760. The predicted molar refractivity (Wildman–Crippen MR) is 105 cm³/mol. The number of benzene rings is 2. The molecule has 3 rings (SSSR count). The topological polar surface area (TPSA) is 71.1 Å². The van der Waals surface area contributed by atoms with Gasteiger partial charge < -0.3 is 10.6 Å². The first-order valence-electron chi connectivity index (χ1n) is 8.79. The standard InChI is InChI=1S/C22H21N3O2/c26-21(25-19-9-5-2-6-10-19)16-24-22(27)20(18-7-3-1-4-8-18)15-17-11-13-23-14-12-17/h1-14,20H,15-16H2,(H,24,27)(H,25,26). The molecule has 0 bridgehead atoms. The summed E-state index contributed by atoms with van der Waals surface area (Å²) in [7, 11) is 0. The lowest BCUT2D eigenvalue weighted by molar-refractivity contribution is -0.125. The van der Waals surface area contributed by atoms with Gasteiger partial charge in [0.2, 0.25) is 11.8 Å². The molecule has 2 amide bonds. The van der Waals surface area contributed by atoms with Gasteiger partial charge in [-0.1, -0.05) is 48.5 Å². The number of amides is 2. The number of hydrogen-bond donors (Lipinski definition) is 2. The van der Waals surface area contributed by atoms with Crippen LogP contribution in [-0.2, 0) is 16.0 Å². The highest BCUT2D eigenvalue weighted by Crippen LogP contribution is 2.21. The van der Waals surface area contributed by atoms with Crippen molar-refractivity contribution in [3.8, 4) is 0 Å². The van der Waals surface area contributed by atoms with E-state index in [1.54, 1.807) is 24.5 Å². The summed E-state index contributed by atoms with van der Waals surface area (Å²) in [6, 6.07) is 22.5. The molecule has 3 aromatic rings. The molecule has 0 aliphatic heterocycles. The van der Waals surface area contributed by atoms with Crippen LogP contribution in [0.1, 0.15) is 17.0 Å². The summed E-state index contributed by atoms with van der Waals surface area (Å²) < 4.78 is 0. The Morgan fingerprint density at radius 2 is 1.48 bits per heavy atom. The molecular formula is C22H21N3O2. The van der Waals surface area contributed by atoms with E-state index in [1.807, 2.05) is 60.7 Å². The highest BCUT2D eigenvalue weighted by Gasteiger charge is 2.21. The zero-order valence-corrected chi connectivity index (χ0v) is 14.8. The van der Waals surface area contributed by atoms with Crippen LogP contribution in [0.4, 0.5) is 5.69 Å². The van der Waals surface area contributed by atoms with Gasteiger partial charge in [0.1, 0.15) is 0 Å². The third-order valence-electron chi connectivity index (χ3n) is 4.19. The molecule has 1 heterocycles. The van der Waals surface area contributed by atoms with E-state index in [9.17, 15) is 9.59 Å². The van der Waals surface area contributed by atoms with Crippen LogP contribution in [-0.4, -0.2) is 23.3 Å². The van der Waals surface area contributed by atoms with Gasteiger partial charge in [-0.15, -0.1) is 0 Å². The fraction of sp³-hybridized carbons (Fsp3) is 0.136. The minimum absolute atomic E-state index is 0.0760. The summed E-state index contributed by atoms with van der Waals surface area (Å²) in [5.41, 5.74) is 2.63. The van der Waals surface area contributed by atoms with Gasteiger partial charge in [-0.05, 0) is 41.8 Å². The van der Waals surface area contributed by atoms with E-state index in [0.717, 1.165) is 11.1 Å². The van der Waals surface area contributed by atoms with E-state index in [0.29, 0.717) is 12.1 Å². The van der Waals surface area contributed by atoms with E-state index in [2.05, 4.69) is 15.6 Å². The minimum atomic E-state index is -0.377. The van der Waals surface area contributed by atoms with Gasteiger partial charge >= 0.3 is 0 Å². The molecule has 0 radical (unpaired) electrons. The number of rotatable bonds is 7. The van der Waals surface area contributed by atoms with Crippen molar-refractivity contribution in [3.05, 3.63) is 96.3 Å². The molecule has 1 atom stereocenters. The molecule has 27 heavy (non-hydrogen) atoms. The monoisotopic (exact) mass is 359 g/mol. The highest BCUT2D eigenvalue weighted by atomic mass is 16.2. The molecule has 1 aromatic heterocycles. The van der Waals surface area contributed by atoms with Gasteiger partial charge in [-0.3, -0.25) is 14.6 Å². The average molecular weight is 359 g/mol. The van der Waals surface area contributed by atoms with Crippen molar-refractivity contribution in [2.45, 2.75) is 12.3 Å². The van der Waals surface area contributed by atoms with Crippen molar-refractivity contribution in [2.24, 2.45) is 0 Å². The highest BCUT2D eigenvalue weighted by molar-refractivity contribution is 5.95. The fourth-order valence-corrected chi connectivity index (χ4v) is 2.82. The van der Waals surface area contributed by atoms with Gasteiger partial charge in [-0.2, -0.15) is 0 Å². The second kappa shape index (κ2) is 9.29. The van der Waals surface area contributed by atoms with Gasteiger partial charge in [0, 0.05) is 18.1 Å². The first-order chi connectivity index (χ1) is 13.2. The van der Waals surface area contributed by atoms with Crippen molar-refractivity contribution in [1.29, 1.82) is 0 Å². The number of aromatic nitrogens is 1. The van der Waals surface area contributed by atoms with Crippen LogP contribution in [0.15, 0.2) is 85.2 Å². The molecule has 0 saturated carbocycles. The number of carbonyl (C=O) groups excluding carboxylic acids is 2. The normalized spacial score (nSPS) is 11.4. The Morgan fingerprint density at radius 1 is 0.852 bits per heavy atom. The van der Waals surface area contributed by atoms with Crippen LogP contribution in [0.3, 0.4) is 0 Å². The minimum Gasteiger partial charge on any atom is -0.346 e. The molecule has 0 saturated heterocycles. The zero-order valence-electron chi connectivity index (χ0n) is 14.8. The summed E-state index contributed by atoms with van der Waals surface area (Å²) in [4.78, 5) is 28.9. The van der Waals surface area contributed by atoms with Crippen LogP contribution in [0.2, 0.25) is 0 Å². The van der Waals surface area contributed by atoms with Crippen LogP contribution in [0.5, 0.6) is 0 Å². The number of nitrogens with zero attached hydrogens (tertiary/aromatic N) is 1. The lowest BCUT2D eigenvalue weighted by atomic mass is 9.91. The van der Waals surface area contributed by atoms with Crippen molar-refractivity contribution < 1.29 is 9.59 Å². The van der Waals surface area contributed by atoms with Crippen molar-refractivity contribution in [3.63, 3.8) is 0 Å². The summed E-state index contributed by atoms with van der Waals surface area (Å²) >= 11 is 0. The SMILES string of the molecule is O=C(CNC(=O)C(Cc1ccncc1)c1ccccc1)Nc1ccccc1. The third kappa shape index (κ3) is 5.51. The summed E-state index contributed by atoms with van der Waals surface area (Å²) in [5.74, 6) is -0.815. The second-order valence-electron chi connectivity index (χ2n) is 6.15. The largest absolute Gasteiger partial charge is 0.346 e. The van der Waals surface area contributed by atoms with E-state index in [1.165, 1.54) is 0 Å². The van der Waals surface area contributed by atoms with Gasteiger partial charge in [0.05, 0.1) is 12.5 Å². The van der Waals surface area contributed by atoms with Gasteiger partial charge in [-0.25, -0.2) is 0 Å². The van der Waals surface area contributed by atoms with E-state index in [4.69, 9.17) is 0 Å². The lowest BCUT2D eigenvalue weighted by Gasteiger charge is -2.17. The fourth-order valence-electron chi connectivity index (χ4n) is 2.82. The van der Waals surface area contributed by atoms with Gasteiger partial charge in [0.25, 0.3) is 0 Å². The Labute approximate surface area is 158 Å². The lowest BCUT2D eigenvalue weighted by Crippen LogP contribution is -2.36. The Bertz CT molecular complexity index is 868. The Kier molecular flexibility index (Phi) is 6.30. The van der Waals surface area contributed by atoms with Crippen LogP contribution in [0, 0.1) is 0 Å². The molecule has 1 unspecified atom stereocenters. The maximum absolute atomic E-state index is 12.8. The van der Waals surface area contributed by atoms with Crippen molar-refractivity contribution in [1.82, 2.24) is 10.3 Å². The van der Waals surface area contributed by atoms with Gasteiger partial charge in [0.15, 0.2) is 0 Å². The molecule has 136 valence electrons. The number of anilines is 1. The van der Waals surface area contributed by atoms with Crippen molar-refractivity contribution >= 4 is 17.5 Å². The van der Waals surface area contributed by atoms with E-state index in [-0.39, 0.29) is 24.3 Å². The van der Waals surface area contributed by atoms with E-state index >= 15 is 0 Å². The van der Waals surface area contributed by atoms with Crippen LogP contribution < -0.4 is 10.6 Å². The number of pyridine rings is 1. The molecule has 0 aliphatic rings. The molecule has 0 fully saturated rings.